The molecule has 0 heterocycles. The molecule has 0 aromatic heterocycles. The molecule has 15 heavy (non-hydrogen) atoms. The fraction of sp³-hybridized carbons (Fsp3) is 1.00. The molecular weight excluding hydrogens is 184 g/mol. The first-order valence-corrected chi connectivity index (χ1v) is 6.22. The lowest BCUT2D eigenvalue weighted by Crippen LogP contribution is -2.34. The molecule has 0 spiro atoms. The van der Waals surface area contributed by atoms with Gasteiger partial charge in [0.15, 0.2) is 0 Å². The van der Waals surface area contributed by atoms with E-state index in [-0.39, 0.29) is 0 Å². The second kappa shape index (κ2) is 7.24. The molecule has 0 aliphatic rings. The van der Waals surface area contributed by atoms with E-state index in [1.807, 2.05) is 7.05 Å². The van der Waals surface area contributed by atoms with E-state index in [0.717, 1.165) is 31.5 Å². The lowest BCUT2D eigenvalue weighted by Gasteiger charge is -2.23. The molecule has 0 aliphatic carbocycles. The van der Waals surface area contributed by atoms with Crippen molar-refractivity contribution in [2.24, 2.45) is 17.3 Å². The molecule has 0 aromatic rings. The summed E-state index contributed by atoms with van der Waals surface area (Å²) in [4.78, 5) is 0. The topological polar surface area (TPSA) is 24.1 Å². The van der Waals surface area contributed by atoms with E-state index in [4.69, 9.17) is 0 Å². The van der Waals surface area contributed by atoms with Gasteiger partial charge in [-0.3, -0.25) is 0 Å². The lowest BCUT2D eigenvalue weighted by atomic mass is 9.92. The second-order valence-corrected chi connectivity index (χ2v) is 6.08. The standard InChI is InChI=1S/C13H30N2/c1-11(2)12(9-14-6)10-15-8-7-13(3,4)5/h11-12,14-15H,7-10H2,1-6H3. The van der Waals surface area contributed by atoms with Gasteiger partial charge >= 0.3 is 0 Å². The van der Waals surface area contributed by atoms with Gasteiger partial charge in [0.05, 0.1) is 0 Å². The minimum Gasteiger partial charge on any atom is -0.319 e. The van der Waals surface area contributed by atoms with Gasteiger partial charge in [0, 0.05) is 0 Å². The van der Waals surface area contributed by atoms with Crippen LogP contribution >= 0.6 is 0 Å². The van der Waals surface area contributed by atoms with Crippen LogP contribution in [0.25, 0.3) is 0 Å². The van der Waals surface area contributed by atoms with Gasteiger partial charge in [0.1, 0.15) is 0 Å². The van der Waals surface area contributed by atoms with E-state index >= 15 is 0 Å². The molecule has 0 radical (unpaired) electrons. The third-order valence-corrected chi connectivity index (χ3v) is 2.87. The van der Waals surface area contributed by atoms with Crippen LogP contribution in [0.1, 0.15) is 41.0 Å². The van der Waals surface area contributed by atoms with Crippen molar-refractivity contribution in [2.45, 2.75) is 41.0 Å². The van der Waals surface area contributed by atoms with E-state index in [0.29, 0.717) is 5.41 Å². The molecule has 0 fully saturated rings. The summed E-state index contributed by atoms with van der Waals surface area (Å²) in [6.45, 7) is 14.9. The number of hydrogen-bond donors (Lipinski definition) is 2. The molecular formula is C13H30N2. The van der Waals surface area contributed by atoms with E-state index in [9.17, 15) is 0 Å². The Morgan fingerprint density at radius 1 is 1.07 bits per heavy atom. The molecule has 2 N–H and O–H groups in total. The van der Waals surface area contributed by atoms with Gasteiger partial charge in [0.2, 0.25) is 0 Å². The molecule has 0 saturated carbocycles. The molecule has 0 aromatic carbocycles. The zero-order chi connectivity index (χ0) is 11.9. The maximum atomic E-state index is 3.57. The molecule has 0 saturated heterocycles. The Kier molecular flexibility index (Phi) is 7.20. The van der Waals surface area contributed by atoms with Gasteiger partial charge in [-0.05, 0) is 50.4 Å². The van der Waals surface area contributed by atoms with Gasteiger partial charge < -0.3 is 10.6 Å². The molecule has 1 unspecified atom stereocenters. The number of nitrogens with one attached hydrogen (secondary N) is 2. The van der Waals surface area contributed by atoms with Crippen molar-refractivity contribution in [2.75, 3.05) is 26.7 Å². The molecule has 2 nitrogen and oxygen atoms in total. The van der Waals surface area contributed by atoms with E-state index in [1.54, 1.807) is 0 Å². The van der Waals surface area contributed by atoms with Crippen LogP contribution in [-0.2, 0) is 0 Å². The van der Waals surface area contributed by atoms with Crippen molar-refractivity contribution in [3.8, 4) is 0 Å². The normalized spacial score (nSPS) is 14.6. The minimum absolute atomic E-state index is 0.448. The Morgan fingerprint density at radius 3 is 2.07 bits per heavy atom. The summed E-state index contributed by atoms with van der Waals surface area (Å²) in [7, 11) is 2.03. The Labute approximate surface area is 96.2 Å². The van der Waals surface area contributed by atoms with Crippen LogP contribution in [0, 0.1) is 17.3 Å². The highest BCUT2D eigenvalue weighted by Crippen LogP contribution is 2.17. The Morgan fingerprint density at radius 2 is 1.67 bits per heavy atom. The average Bonchev–Trinajstić information content (AvgIpc) is 2.08. The number of rotatable bonds is 7. The zero-order valence-electron chi connectivity index (χ0n) is 11.5. The predicted molar refractivity (Wildman–Crippen MR) is 69.2 cm³/mol. The van der Waals surface area contributed by atoms with E-state index in [2.05, 4.69) is 45.3 Å². The van der Waals surface area contributed by atoms with Crippen LogP contribution in [-0.4, -0.2) is 26.7 Å². The SMILES string of the molecule is CNCC(CNCCC(C)(C)C)C(C)C. The molecule has 0 bridgehead atoms. The van der Waals surface area contributed by atoms with Gasteiger partial charge in [0.25, 0.3) is 0 Å². The van der Waals surface area contributed by atoms with E-state index in [1.165, 1.54) is 6.42 Å². The highest BCUT2D eigenvalue weighted by Gasteiger charge is 2.13. The molecule has 92 valence electrons. The first-order chi connectivity index (χ1) is 6.87. The molecule has 2 heteroatoms. The third-order valence-electron chi connectivity index (χ3n) is 2.87. The average molecular weight is 214 g/mol. The maximum Gasteiger partial charge on any atom is -0.000592 e. The highest BCUT2D eigenvalue weighted by molar-refractivity contribution is 4.69. The Balaban J connectivity index is 3.62. The third kappa shape index (κ3) is 8.88. The first-order valence-electron chi connectivity index (χ1n) is 6.22. The molecule has 0 rings (SSSR count). The first kappa shape index (κ1) is 14.9. The van der Waals surface area contributed by atoms with Crippen molar-refractivity contribution >= 4 is 0 Å². The van der Waals surface area contributed by atoms with Crippen molar-refractivity contribution in [3.05, 3.63) is 0 Å². The zero-order valence-corrected chi connectivity index (χ0v) is 11.5. The Bertz CT molecular complexity index is 147. The lowest BCUT2D eigenvalue weighted by molar-refractivity contribution is 0.325. The van der Waals surface area contributed by atoms with Crippen molar-refractivity contribution in [3.63, 3.8) is 0 Å². The maximum absolute atomic E-state index is 3.57. The summed E-state index contributed by atoms with van der Waals surface area (Å²) in [5.74, 6) is 1.49. The monoisotopic (exact) mass is 214 g/mol. The van der Waals surface area contributed by atoms with E-state index < -0.39 is 0 Å². The predicted octanol–water partition coefficient (Wildman–Crippen LogP) is 2.50. The summed E-state index contributed by atoms with van der Waals surface area (Å²) >= 11 is 0. The molecule has 1 atom stereocenters. The summed E-state index contributed by atoms with van der Waals surface area (Å²) in [6, 6.07) is 0. The largest absolute Gasteiger partial charge is 0.319 e. The summed E-state index contributed by atoms with van der Waals surface area (Å²) in [5.41, 5.74) is 0.448. The summed E-state index contributed by atoms with van der Waals surface area (Å²) in [6.07, 6.45) is 1.25. The summed E-state index contributed by atoms with van der Waals surface area (Å²) in [5, 5.41) is 6.83. The van der Waals surface area contributed by atoms with Crippen LogP contribution in [0.2, 0.25) is 0 Å². The van der Waals surface area contributed by atoms with Crippen LogP contribution in [0.4, 0.5) is 0 Å². The summed E-state index contributed by atoms with van der Waals surface area (Å²) < 4.78 is 0. The van der Waals surface area contributed by atoms with Crippen LogP contribution in [0.5, 0.6) is 0 Å². The minimum atomic E-state index is 0.448. The van der Waals surface area contributed by atoms with Gasteiger partial charge in [-0.25, -0.2) is 0 Å². The quantitative estimate of drug-likeness (QED) is 0.636. The number of hydrogen-bond acceptors (Lipinski definition) is 2. The van der Waals surface area contributed by atoms with Crippen molar-refractivity contribution < 1.29 is 0 Å². The van der Waals surface area contributed by atoms with Crippen LogP contribution in [0.15, 0.2) is 0 Å². The van der Waals surface area contributed by atoms with Gasteiger partial charge in [-0.2, -0.15) is 0 Å². The van der Waals surface area contributed by atoms with Crippen molar-refractivity contribution in [1.82, 2.24) is 10.6 Å². The fourth-order valence-electron chi connectivity index (χ4n) is 1.56. The Hall–Kier alpha value is -0.0800. The van der Waals surface area contributed by atoms with Crippen LogP contribution < -0.4 is 10.6 Å². The van der Waals surface area contributed by atoms with Crippen molar-refractivity contribution in [1.29, 1.82) is 0 Å². The molecule has 0 aliphatic heterocycles. The fourth-order valence-corrected chi connectivity index (χ4v) is 1.56. The second-order valence-electron chi connectivity index (χ2n) is 6.08. The highest BCUT2D eigenvalue weighted by atomic mass is 14.9. The van der Waals surface area contributed by atoms with Gasteiger partial charge in [-0.1, -0.05) is 34.6 Å². The smallest absolute Gasteiger partial charge is 0.000592 e. The van der Waals surface area contributed by atoms with Gasteiger partial charge in [-0.15, -0.1) is 0 Å². The molecule has 0 amide bonds. The van der Waals surface area contributed by atoms with Crippen LogP contribution in [0.3, 0.4) is 0 Å².